The zero-order chi connectivity index (χ0) is 20.0. The van der Waals surface area contributed by atoms with E-state index in [1.807, 2.05) is 20.8 Å². The number of carbonyl (C=O) groups is 2. The summed E-state index contributed by atoms with van der Waals surface area (Å²) in [5.74, 6) is -0.905. The Hall–Kier alpha value is -1.93. The van der Waals surface area contributed by atoms with Crippen molar-refractivity contribution in [2.24, 2.45) is 0 Å². The molecule has 7 nitrogen and oxygen atoms in total. The molecule has 0 spiro atoms. The van der Waals surface area contributed by atoms with Crippen molar-refractivity contribution >= 4 is 21.9 Å². The molecule has 1 aliphatic rings. The van der Waals surface area contributed by atoms with Crippen molar-refractivity contribution in [3.8, 4) is 0 Å². The molecule has 1 amide bonds. The Morgan fingerprint density at radius 1 is 1.15 bits per heavy atom. The smallest absolute Gasteiger partial charge is 0.338 e. The van der Waals surface area contributed by atoms with E-state index in [4.69, 9.17) is 4.74 Å². The highest BCUT2D eigenvalue weighted by Gasteiger charge is 2.31. The molecule has 0 aromatic heterocycles. The van der Waals surface area contributed by atoms with Gasteiger partial charge in [-0.3, -0.25) is 4.79 Å². The van der Waals surface area contributed by atoms with Gasteiger partial charge in [0.1, 0.15) is 0 Å². The molecule has 2 rings (SSSR count). The molecule has 8 heteroatoms. The standard InChI is InChI=1S/C19H28N2O5S/c1-4-20(5-2)18(22)14-26-19(23)16-9-11-17(12-10-16)27(24,25)21-13-7-6-8-15(21)3/h9-12,15H,4-8,13-14H2,1-3H3/t15-/m1/s1. The molecular formula is C19H28N2O5S. The van der Waals surface area contributed by atoms with Crippen LogP contribution in [0.4, 0.5) is 0 Å². The summed E-state index contributed by atoms with van der Waals surface area (Å²) in [6.45, 7) is 6.90. The molecule has 1 atom stereocenters. The van der Waals surface area contributed by atoms with Crippen molar-refractivity contribution in [2.75, 3.05) is 26.2 Å². The Bertz CT molecular complexity index is 757. The van der Waals surface area contributed by atoms with Gasteiger partial charge in [0, 0.05) is 25.7 Å². The van der Waals surface area contributed by atoms with Crippen LogP contribution in [0.1, 0.15) is 50.4 Å². The highest BCUT2D eigenvalue weighted by molar-refractivity contribution is 7.89. The highest BCUT2D eigenvalue weighted by Crippen LogP contribution is 2.25. The average Bonchev–Trinajstić information content (AvgIpc) is 2.67. The van der Waals surface area contributed by atoms with Crippen LogP contribution in [0.5, 0.6) is 0 Å². The van der Waals surface area contributed by atoms with Crippen molar-refractivity contribution in [1.29, 1.82) is 0 Å². The second-order valence-electron chi connectivity index (χ2n) is 6.63. The summed E-state index contributed by atoms with van der Waals surface area (Å²) in [5, 5.41) is 0. The van der Waals surface area contributed by atoms with Crippen LogP contribution in [0.15, 0.2) is 29.2 Å². The van der Waals surface area contributed by atoms with Crippen molar-refractivity contribution in [1.82, 2.24) is 9.21 Å². The van der Waals surface area contributed by atoms with Gasteiger partial charge in [-0.15, -0.1) is 0 Å². The lowest BCUT2D eigenvalue weighted by atomic mass is 10.1. The lowest BCUT2D eigenvalue weighted by Crippen LogP contribution is -2.41. The van der Waals surface area contributed by atoms with Crippen LogP contribution in [-0.4, -0.2) is 61.8 Å². The van der Waals surface area contributed by atoms with Crippen LogP contribution in [0.2, 0.25) is 0 Å². The second-order valence-corrected chi connectivity index (χ2v) is 8.52. The molecule has 1 aliphatic heterocycles. The maximum atomic E-state index is 12.8. The molecule has 0 bridgehead atoms. The molecule has 0 N–H and O–H groups in total. The number of piperidine rings is 1. The summed E-state index contributed by atoms with van der Waals surface area (Å²) in [4.78, 5) is 25.7. The van der Waals surface area contributed by atoms with E-state index in [1.54, 1.807) is 4.90 Å². The van der Waals surface area contributed by atoms with Crippen molar-refractivity contribution < 1.29 is 22.7 Å². The van der Waals surface area contributed by atoms with E-state index in [9.17, 15) is 18.0 Å². The average molecular weight is 397 g/mol. The van der Waals surface area contributed by atoms with Gasteiger partial charge in [-0.2, -0.15) is 4.31 Å². The van der Waals surface area contributed by atoms with Crippen molar-refractivity contribution in [3.05, 3.63) is 29.8 Å². The fraction of sp³-hybridized carbons (Fsp3) is 0.579. The summed E-state index contributed by atoms with van der Waals surface area (Å²) in [7, 11) is -3.58. The SMILES string of the molecule is CCN(CC)C(=O)COC(=O)c1ccc(S(=O)(=O)N2CCCC[C@H]2C)cc1. The normalized spacial score (nSPS) is 18.1. The fourth-order valence-electron chi connectivity index (χ4n) is 3.21. The van der Waals surface area contributed by atoms with Crippen molar-refractivity contribution in [3.63, 3.8) is 0 Å². The molecular weight excluding hydrogens is 368 g/mol. The Morgan fingerprint density at radius 2 is 1.78 bits per heavy atom. The summed E-state index contributed by atoms with van der Waals surface area (Å²) in [5.41, 5.74) is 0.216. The van der Waals surface area contributed by atoms with Gasteiger partial charge in [-0.05, 0) is 57.9 Å². The number of ether oxygens (including phenoxy) is 1. The zero-order valence-corrected chi connectivity index (χ0v) is 17.0. The van der Waals surface area contributed by atoms with Gasteiger partial charge in [0.15, 0.2) is 6.61 Å². The Morgan fingerprint density at radius 3 is 2.33 bits per heavy atom. The van der Waals surface area contributed by atoms with Crippen LogP contribution < -0.4 is 0 Å². The predicted octanol–water partition coefficient (Wildman–Crippen LogP) is 2.27. The molecule has 150 valence electrons. The van der Waals surface area contributed by atoms with Crippen molar-refractivity contribution in [2.45, 2.75) is 51.0 Å². The van der Waals surface area contributed by atoms with Gasteiger partial charge in [-0.25, -0.2) is 13.2 Å². The van der Waals surface area contributed by atoms with Gasteiger partial charge in [0.25, 0.3) is 5.91 Å². The molecule has 0 aliphatic carbocycles. The van der Waals surface area contributed by atoms with Gasteiger partial charge >= 0.3 is 5.97 Å². The first-order valence-electron chi connectivity index (χ1n) is 9.38. The number of nitrogens with zero attached hydrogens (tertiary/aromatic N) is 2. The van der Waals surface area contributed by atoms with Gasteiger partial charge in [0.05, 0.1) is 10.5 Å². The number of carbonyl (C=O) groups excluding carboxylic acids is 2. The van der Waals surface area contributed by atoms with E-state index in [0.717, 1.165) is 19.3 Å². The molecule has 27 heavy (non-hydrogen) atoms. The van der Waals surface area contributed by atoms with E-state index in [2.05, 4.69) is 0 Å². The summed E-state index contributed by atoms with van der Waals surface area (Å²) >= 11 is 0. The summed E-state index contributed by atoms with van der Waals surface area (Å²) in [6, 6.07) is 5.65. The maximum Gasteiger partial charge on any atom is 0.338 e. The Balaban J connectivity index is 2.04. The van der Waals surface area contributed by atoms with E-state index in [0.29, 0.717) is 19.6 Å². The van der Waals surface area contributed by atoms with E-state index >= 15 is 0 Å². The fourth-order valence-corrected chi connectivity index (χ4v) is 4.90. The summed E-state index contributed by atoms with van der Waals surface area (Å²) < 4.78 is 32.2. The lowest BCUT2D eigenvalue weighted by Gasteiger charge is -2.32. The highest BCUT2D eigenvalue weighted by atomic mass is 32.2. The number of benzene rings is 1. The maximum absolute atomic E-state index is 12.8. The number of esters is 1. The third-order valence-electron chi connectivity index (χ3n) is 4.88. The third kappa shape index (κ3) is 5.07. The quantitative estimate of drug-likeness (QED) is 0.660. The van der Waals surface area contributed by atoms with Crippen LogP contribution in [-0.2, 0) is 19.6 Å². The third-order valence-corrected chi connectivity index (χ3v) is 6.91. The predicted molar refractivity (Wildman–Crippen MR) is 102 cm³/mol. The number of amides is 1. The minimum atomic E-state index is -3.58. The lowest BCUT2D eigenvalue weighted by molar-refractivity contribution is -0.134. The number of hydrogen-bond donors (Lipinski definition) is 0. The first kappa shape index (κ1) is 21.4. The Kier molecular flexibility index (Phi) is 7.38. The van der Waals surface area contributed by atoms with Crippen LogP contribution >= 0.6 is 0 Å². The minimum Gasteiger partial charge on any atom is -0.452 e. The molecule has 1 heterocycles. The second kappa shape index (κ2) is 9.32. The molecule has 1 fully saturated rings. The van der Waals surface area contributed by atoms with Crippen LogP contribution in [0.3, 0.4) is 0 Å². The topological polar surface area (TPSA) is 84.0 Å². The molecule has 1 saturated heterocycles. The van der Waals surface area contributed by atoms with E-state index < -0.39 is 16.0 Å². The largest absolute Gasteiger partial charge is 0.452 e. The molecule has 1 aromatic rings. The van der Waals surface area contributed by atoms with E-state index in [-0.39, 0.29) is 29.0 Å². The summed E-state index contributed by atoms with van der Waals surface area (Å²) in [6.07, 6.45) is 2.74. The minimum absolute atomic E-state index is 0.0283. The van der Waals surface area contributed by atoms with E-state index in [1.165, 1.54) is 28.6 Å². The number of likely N-dealkylation sites (N-methyl/N-ethyl adjacent to an activating group) is 1. The van der Waals surface area contributed by atoms with Gasteiger partial charge in [0.2, 0.25) is 10.0 Å². The number of rotatable bonds is 7. The number of hydrogen-bond acceptors (Lipinski definition) is 5. The zero-order valence-electron chi connectivity index (χ0n) is 16.2. The first-order valence-corrected chi connectivity index (χ1v) is 10.8. The van der Waals surface area contributed by atoms with Gasteiger partial charge < -0.3 is 9.64 Å². The molecule has 1 aromatic carbocycles. The van der Waals surface area contributed by atoms with Gasteiger partial charge in [-0.1, -0.05) is 6.42 Å². The van der Waals surface area contributed by atoms with Crippen LogP contribution in [0, 0.1) is 0 Å². The monoisotopic (exact) mass is 396 g/mol. The Labute approximate surface area is 161 Å². The molecule has 0 unspecified atom stereocenters. The molecule has 0 saturated carbocycles. The van der Waals surface area contributed by atoms with Crippen LogP contribution in [0.25, 0.3) is 0 Å². The number of sulfonamides is 1. The first-order chi connectivity index (χ1) is 12.8. The molecule has 0 radical (unpaired) electrons.